The van der Waals surface area contributed by atoms with Gasteiger partial charge in [0, 0.05) is 23.3 Å². The van der Waals surface area contributed by atoms with Gasteiger partial charge in [-0.2, -0.15) is 0 Å². The second-order valence-corrected chi connectivity index (χ2v) is 8.23. The number of carbonyl (C=O) groups excluding carboxylic acids is 1. The molecule has 136 valence electrons. The van der Waals surface area contributed by atoms with E-state index in [9.17, 15) is 4.79 Å². The van der Waals surface area contributed by atoms with E-state index in [0.717, 1.165) is 63.0 Å². The van der Waals surface area contributed by atoms with Crippen LogP contribution >= 0.6 is 0 Å². The fraction of sp³-hybridized carbons (Fsp3) is 0.667. The van der Waals surface area contributed by atoms with Crippen LogP contribution in [0.4, 0.5) is 0 Å². The first-order chi connectivity index (χ1) is 12.0. The Morgan fingerprint density at radius 1 is 1.08 bits per heavy atom. The fourth-order valence-corrected chi connectivity index (χ4v) is 5.80. The van der Waals surface area contributed by atoms with Crippen LogP contribution in [0.15, 0.2) is 18.2 Å². The van der Waals surface area contributed by atoms with Crippen LogP contribution in [0.3, 0.4) is 0 Å². The number of nitrogens with zero attached hydrogens (tertiary/aromatic N) is 1. The Labute approximate surface area is 150 Å². The first kappa shape index (κ1) is 16.9. The average molecular weight is 343 g/mol. The summed E-state index contributed by atoms with van der Waals surface area (Å²) in [4.78, 5) is 15.1. The fourth-order valence-electron chi connectivity index (χ4n) is 5.80. The molecule has 0 bridgehead atoms. The van der Waals surface area contributed by atoms with Gasteiger partial charge in [0.15, 0.2) is 11.5 Å². The zero-order valence-electron chi connectivity index (χ0n) is 15.6. The predicted octanol–water partition coefficient (Wildman–Crippen LogP) is 3.57. The molecule has 1 aromatic carbocycles. The quantitative estimate of drug-likeness (QED) is 0.841. The normalized spacial score (nSPS) is 35.2. The van der Waals surface area contributed by atoms with Crippen LogP contribution in [0.1, 0.15) is 50.5 Å². The predicted molar refractivity (Wildman–Crippen MR) is 97.4 cm³/mol. The molecule has 25 heavy (non-hydrogen) atoms. The number of methoxy groups -OCH3 is 2. The van der Waals surface area contributed by atoms with E-state index in [-0.39, 0.29) is 10.8 Å². The van der Waals surface area contributed by atoms with Crippen molar-refractivity contribution in [2.45, 2.75) is 56.4 Å². The molecule has 3 fully saturated rings. The molecule has 1 saturated heterocycles. The highest BCUT2D eigenvalue weighted by Crippen LogP contribution is 2.57. The van der Waals surface area contributed by atoms with Crippen LogP contribution in [0, 0.1) is 5.41 Å². The standard InChI is InChI=1S/C21H29NO3/c1-22-12-11-21(15-6-7-16(24-2)17(13-15)25-3)10-9-20(14-18(21)22)8-4-5-19(20)23/h6-7,13,18H,4-5,8-12,14H2,1-3H3/t18-,20?,21-/m0/s1. The summed E-state index contributed by atoms with van der Waals surface area (Å²) in [5, 5.41) is 0. The molecule has 4 heteroatoms. The Balaban J connectivity index is 1.72. The van der Waals surface area contributed by atoms with E-state index < -0.39 is 0 Å². The van der Waals surface area contributed by atoms with Crippen molar-refractivity contribution < 1.29 is 14.3 Å². The van der Waals surface area contributed by atoms with Crippen molar-refractivity contribution in [3.05, 3.63) is 23.8 Å². The highest BCUT2D eigenvalue weighted by atomic mass is 16.5. The number of Topliss-reactive ketones (excluding diaryl/α,β-unsaturated/α-hetero) is 1. The number of hydrogen-bond donors (Lipinski definition) is 0. The van der Waals surface area contributed by atoms with E-state index in [0.29, 0.717) is 11.8 Å². The topological polar surface area (TPSA) is 38.8 Å². The van der Waals surface area contributed by atoms with E-state index in [1.165, 1.54) is 5.56 Å². The van der Waals surface area contributed by atoms with E-state index in [4.69, 9.17) is 9.47 Å². The zero-order chi connectivity index (χ0) is 17.7. The molecule has 4 rings (SSSR count). The van der Waals surface area contributed by atoms with E-state index in [1.54, 1.807) is 14.2 Å². The minimum atomic E-state index is -0.0384. The minimum absolute atomic E-state index is 0.0384. The van der Waals surface area contributed by atoms with Gasteiger partial charge in [0.2, 0.25) is 0 Å². The summed E-state index contributed by atoms with van der Waals surface area (Å²) < 4.78 is 11.0. The van der Waals surface area contributed by atoms with Crippen molar-refractivity contribution >= 4 is 5.78 Å². The molecule has 2 saturated carbocycles. The molecule has 1 aliphatic heterocycles. The number of likely N-dealkylation sites (tertiary alicyclic amines) is 1. The van der Waals surface area contributed by atoms with Gasteiger partial charge in [0.1, 0.15) is 5.78 Å². The summed E-state index contributed by atoms with van der Waals surface area (Å²) in [5.74, 6) is 2.11. The van der Waals surface area contributed by atoms with Crippen LogP contribution in [-0.4, -0.2) is 44.5 Å². The molecule has 1 heterocycles. The average Bonchev–Trinajstić information content (AvgIpc) is 3.16. The highest BCUT2D eigenvalue weighted by Gasteiger charge is 2.57. The lowest BCUT2D eigenvalue weighted by Gasteiger charge is -2.48. The first-order valence-corrected chi connectivity index (χ1v) is 9.51. The monoisotopic (exact) mass is 343 g/mol. The smallest absolute Gasteiger partial charge is 0.161 e. The Kier molecular flexibility index (Phi) is 4.06. The number of benzene rings is 1. The van der Waals surface area contributed by atoms with Crippen LogP contribution in [0.2, 0.25) is 0 Å². The first-order valence-electron chi connectivity index (χ1n) is 9.51. The number of carbonyl (C=O) groups is 1. The maximum absolute atomic E-state index is 12.6. The summed E-state index contributed by atoms with van der Waals surface area (Å²) in [7, 11) is 5.61. The van der Waals surface area contributed by atoms with Crippen LogP contribution in [0.25, 0.3) is 0 Å². The number of fused-ring (bicyclic) bond motifs is 1. The summed E-state index contributed by atoms with van der Waals surface area (Å²) in [6.07, 6.45) is 7.30. The molecule has 0 aromatic heterocycles. The van der Waals surface area contributed by atoms with Crippen LogP contribution in [-0.2, 0) is 10.2 Å². The van der Waals surface area contributed by atoms with Crippen molar-refractivity contribution in [1.82, 2.24) is 4.90 Å². The van der Waals surface area contributed by atoms with Crippen LogP contribution < -0.4 is 9.47 Å². The van der Waals surface area contributed by atoms with Gasteiger partial charge < -0.3 is 14.4 Å². The molecule has 1 aromatic rings. The van der Waals surface area contributed by atoms with Gasteiger partial charge in [-0.25, -0.2) is 0 Å². The Bertz CT molecular complexity index is 688. The third-order valence-electron chi connectivity index (χ3n) is 7.32. The highest BCUT2D eigenvalue weighted by molar-refractivity contribution is 5.87. The van der Waals surface area contributed by atoms with Gasteiger partial charge in [-0.15, -0.1) is 0 Å². The van der Waals surface area contributed by atoms with Gasteiger partial charge >= 0.3 is 0 Å². The largest absolute Gasteiger partial charge is 0.493 e. The zero-order valence-corrected chi connectivity index (χ0v) is 15.6. The number of rotatable bonds is 3. The second kappa shape index (κ2) is 6.01. The Morgan fingerprint density at radius 2 is 1.88 bits per heavy atom. The van der Waals surface area contributed by atoms with E-state index >= 15 is 0 Å². The van der Waals surface area contributed by atoms with Crippen molar-refractivity contribution in [3.8, 4) is 11.5 Å². The van der Waals surface area contributed by atoms with Gasteiger partial charge in [-0.05, 0) is 69.8 Å². The van der Waals surface area contributed by atoms with Crippen molar-refractivity contribution in [2.24, 2.45) is 5.41 Å². The maximum atomic E-state index is 12.6. The molecular weight excluding hydrogens is 314 g/mol. The van der Waals surface area contributed by atoms with Gasteiger partial charge in [-0.3, -0.25) is 4.79 Å². The molecule has 1 unspecified atom stereocenters. The molecule has 0 radical (unpaired) electrons. The van der Waals surface area contributed by atoms with Crippen molar-refractivity contribution in [1.29, 1.82) is 0 Å². The molecular formula is C21H29NO3. The molecule has 3 aliphatic rings. The SMILES string of the molecule is COc1ccc([C@]23CCN(C)[C@H]2CC2(CCCC2=O)CC3)cc1OC. The molecule has 0 N–H and O–H groups in total. The summed E-state index contributed by atoms with van der Waals surface area (Å²) in [6, 6.07) is 6.85. The summed E-state index contributed by atoms with van der Waals surface area (Å²) >= 11 is 0. The third-order valence-corrected chi connectivity index (χ3v) is 7.32. The molecule has 0 amide bonds. The maximum Gasteiger partial charge on any atom is 0.161 e. The van der Waals surface area contributed by atoms with Crippen LogP contribution in [0.5, 0.6) is 11.5 Å². The number of ketones is 1. The lowest BCUT2D eigenvalue weighted by molar-refractivity contribution is -0.129. The molecule has 4 nitrogen and oxygen atoms in total. The van der Waals surface area contributed by atoms with Crippen molar-refractivity contribution in [3.63, 3.8) is 0 Å². The van der Waals surface area contributed by atoms with Gasteiger partial charge in [0.05, 0.1) is 14.2 Å². The minimum Gasteiger partial charge on any atom is -0.493 e. The van der Waals surface area contributed by atoms with E-state index in [1.807, 2.05) is 6.07 Å². The van der Waals surface area contributed by atoms with Gasteiger partial charge in [-0.1, -0.05) is 6.07 Å². The summed E-state index contributed by atoms with van der Waals surface area (Å²) in [6.45, 7) is 1.10. The second-order valence-electron chi connectivity index (χ2n) is 8.23. The third kappa shape index (κ3) is 2.41. The number of likely N-dealkylation sites (N-methyl/N-ethyl adjacent to an activating group) is 1. The Hall–Kier alpha value is -1.55. The molecule has 2 aliphatic carbocycles. The number of ether oxygens (including phenoxy) is 2. The Morgan fingerprint density at radius 3 is 2.56 bits per heavy atom. The van der Waals surface area contributed by atoms with Crippen molar-refractivity contribution in [2.75, 3.05) is 27.8 Å². The van der Waals surface area contributed by atoms with E-state index in [2.05, 4.69) is 24.1 Å². The van der Waals surface area contributed by atoms with Gasteiger partial charge in [0.25, 0.3) is 0 Å². The lowest BCUT2D eigenvalue weighted by atomic mass is 9.58. The molecule has 3 atom stereocenters. The molecule has 1 spiro atoms. The summed E-state index contributed by atoms with van der Waals surface area (Å²) in [5.41, 5.74) is 1.45. The lowest BCUT2D eigenvalue weighted by Crippen LogP contribution is -2.50. The number of hydrogen-bond acceptors (Lipinski definition) is 4.